The molecule has 1 aliphatic carbocycles. The van der Waals surface area contributed by atoms with Gasteiger partial charge in [-0.1, -0.05) is 48.5 Å². The SMILES string of the molecule is CN(CC(=O)N[C@H](Cc1ccccc1)C1CC(O)C1)Cc1ccccc1F. The zero-order valence-corrected chi connectivity index (χ0v) is 15.6. The third kappa shape index (κ3) is 5.62. The number of aliphatic hydroxyl groups is 1. The zero-order chi connectivity index (χ0) is 19.2. The van der Waals surface area contributed by atoms with Crippen LogP contribution in [0.25, 0.3) is 0 Å². The number of nitrogens with one attached hydrogen (secondary N) is 1. The molecule has 0 aromatic heterocycles. The highest BCUT2D eigenvalue weighted by atomic mass is 19.1. The third-order valence-electron chi connectivity index (χ3n) is 5.18. The highest BCUT2D eigenvalue weighted by Crippen LogP contribution is 2.31. The predicted octanol–water partition coefficient (Wildman–Crippen LogP) is 2.76. The molecule has 0 radical (unpaired) electrons. The molecule has 27 heavy (non-hydrogen) atoms. The van der Waals surface area contributed by atoms with Gasteiger partial charge in [0, 0.05) is 18.2 Å². The third-order valence-corrected chi connectivity index (χ3v) is 5.18. The maximum Gasteiger partial charge on any atom is 0.234 e. The summed E-state index contributed by atoms with van der Waals surface area (Å²) in [7, 11) is 1.81. The van der Waals surface area contributed by atoms with Crippen molar-refractivity contribution < 1.29 is 14.3 Å². The van der Waals surface area contributed by atoms with Gasteiger partial charge in [0.25, 0.3) is 0 Å². The smallest absolute Gasteiger partial charge is 0.234 e. The molecule has 0 bridgehead atoms. The molecule has 1 aliphatic rings. The van der Waals surface area contributed by atoms with Crippen LogP contribution in [-0.2, 0) is 17.8 Å². The van der Waals surface area contributed by atoms with Crippen molar-refractivity contribution in [2.45, 2.75) is 38.0 Å². The van der Waals surface area contributed by atoms with Crippen LogP contribution in [0.5, 0.6) is 0 Å². The Bertz CT molecular complexity index is 747. The van der Waals surface area contributed by atoms with E-state index in [9.17, 15) is 14.3 Å². The molecule has 0 saturated heterocycles. The fourth-order valence-electron chi connectivity index (χ4n) is 3.63. The van der Waals surface area contributed by atoms with Crippen LogP contribution >= 0.6 is 0 Å². The Balaban J connectivity index is 1.56. The minimum Gasteiger partial charge on any atom is -0.393 e. The Morgan fingerprint density at radius 3 is 2.52 bits per heavy atom. The number of aliphatic hydroxyl groups excluding tert-OH is 1. The summed E-state index contributed by atoms with van der Waals surface area (Å²) in [4.78, 5) is 14.4. The first kappa shape index (κ1) is 19.5. The molecular weight excluding hydrogens is 343 g/mol. The van der Waals surface area contributed by atoms with Crippen LogP contribution in [0.15, 0.2) is 54.6 Å². The van der Waals surface area contributed by atoms with Gasteiger partial charge in [0.15, 0.2) is 0 Å². The summed E-state index contributed by atoms with van der Waals surface area (Å²) in [6, 6.07) is 16.7. The van der Waals surface area contributed by atoms with Crippen molar-refractivity contribution in [2.24, 2.45) is 5.92 Å². The average molecular weight is 370 g/mol. The lowest BCUT2D eigenvalue weighted by molar-refractivity contribution is -0.123. The fourth-order valence-corrected chi connectivity index (χ4v) is 3.63. The second-order valence-electron chi connectivity index (χ2n) is 7.51. The van der Waals surface area contributed by atoms with E-state index in [1.165, 1.54) is 11.6 Å². The summed E-state index contributed by atoms with van der Waals surface area (Å²) >= 11 is 0. The van der Waals surface area contributed by atoms with Crippen molar-refractivity contribution >= 4 is 5.91 Å². The summed E-state index contributed by atoms with van der Waals surface area (Å²) in [6.45, 7) is 0.584. The molecule has 0 aliphatic heterocycles. The molecule has 4 nitrogen and oxygen atoms in total. The quantitative estimate of drug-likeness (QED) is 0.751. The Morgan fingerprint density at radius 2 is 1.85 bits per heavy atom. The predicted molar refractivity (Wildman–Crippen MR) is 104 cm³/mol. The van der Waals surface area contributed by atoms with Crippen LogP contribution in [-0.4, -0.2) is 41.7 Å². The molecule has 2 N–H and O–H groups in total. The van der Waals surface area contributed by atoms with Gasteiger partial charge in [0.2, 0.25) is 5.91 Å². The fraction of sp³-hybridized carbons (Fsp3) is 0.409. The number of carbonyl (C=O) groups excluding carboxylic acids is 1. The lowest BCUT2D eigenvalue weighted by atomic mass is 9.75. The van der Waals surface area contributed by atoms with E-state index in [1.807, 2.05) is 30.1 Å². The number of halogens is 1. The summed E-state index contributed by atoms with van der Waals surface area (Å²) in [5.41, 5.74) is 1.75. The monoisotopic (exact) mass is 370 g/mol. The van der Waals surface area contributed by atoms with Crippen LogP contribution in [0.3, 0.4) is 0 Å². The molecule has 2 aromatic carbocycles. The number of benzene rings is 2. The normalized spacial score (nSPS) is 20.1. The van der Waals surface area contributed by atoms with Crippen LogP contribution < -0.4 is 5.32 Å². The van der Waals surface area contributed by atoms with Crippen molar-refractivity contribution in [3.63, 3.8) is 0 Å². The maximum atomic E-state index is 13.8. The topological polar surface area (TPSA) is 52.6 Å². The molecule has 144 valence electrons. The van der Waals surface area contributed by atoms with Crippen molar-refractivity contribution in [3.05, 3.63) is 71.5 Å². The second-order valence-corrected chi connectivity index (χ2v) is 7.51. The van der Waals surface area contributed by atoms with Crippen molar-refractivity contribution in [1.29, 1.82) is 0 Å². The number of hydrogen-bond acceptors (Lipinski definition) is 3. The maximum absolute atomic E-state index is 13.8. The zero-order valence-electron chi connectivity index (χ0n) is 15.6. The van der Waals surface area contributed by atoms with E-state index < -0.39 is 0 Å². The van der Waals surface area contributed by atoms with Crippen LogP contribution in [0.4, 0.5) is 4.39 Å². The molecule has 1 saturated carbocycles. The van der Waals surface area contributed by atoms with Gasteiger partial charge in [0.1, 0.15) is 5.82 Å². The Hall–Kier alpha value is -2.24. The highest BCUT2D eigenvalue weighted by molar-refractivity contribution is 5.78. The number of carbonyl (C=O) groups is 1. The summed E-state index contributed by atoms with van der Waals surface area (Å²) in [5.74, 6) is -0.0349. The van der Waals surface area contributed by atoms with E-state index in [1.54, 1.807) is 18.2 Å². The molecule has 0 spiro atoms. The summed E-state index contributed by atoms with van der Waals surface area (Å²) in [6.07, 6.45) is 1.95. The Labute approximate surface area is 160 Å². The van der Waals surface area contributed by atoms with Crippen molar-refractivity contribution in [2.75, 3.05) is 13.6 Å². The van der Waals surface area contributed by atoms with E-state index >= 15 is 0 Å². The first-order valence-electron chi connectivity index (χ1n) is 9.44. The first-order chi connectivity index (χ1) is 13.0. The van der Waals surface area contributed by atoms with Gasteiger partial charge in [-0.3, -0.25) is 9.69 Å². The average Bonchev–Trinajstić information content (AvgIpc) is 2.61. The van der Waals surface area contributed by atoms with Crippen LogP contribution in [0.1, 0.15) is 24.0 Å². The standard InChI is InChI=1S/C22H27FN2O2/c1-25(14-17-9-5-6-10-20(17)23)15-22(27)24-21(18-12-19(26)13-18)11-16-7-3-2-4-8-16/h2-10,18-19,21,26H,11-15H2,1H3,(H,24,27)/t18?,19?,21-/m1/s1. The van der Waals surface area contributed by atoms with Crippen LogP contribution in [0, 0.1) is 11.7 Å². The molecule has 1 fully saturated rings. The van der Waals surface area contributed by atoms with Crippen molar-refractivity contribution in [1.82, 2.24) is 10.2 Å². The lowest BCUT2D eigenvalue weighted by Gasteiger charge is -2.38. The lowest BCUT2D eigenvalue weighted by Crippen LogP contribution is -2.50. The molecule has 5 heteroatoms. The van der Waals surface area contributed by atoms with Gasteiger partial charge < -0.3 is 10.4 Å². The van der Waals surface area contributed by atoms with Crippen molar-refractivity contribution in [3.8, 4) is 0 Å². The molecular formula is C22H27FN2O2. The number of hydrogen-bond donors (Lipinski definition) is 2. The molecule has 3 rings (SSSR count). The minimum atomic E-state index is -0.256. The van der Waals surface area contributed by atoms with Gasteiger partial charge in [-0.15, -0.1) is 0 Å². The number of likely N-dealkylation sites (N-methyl/N-ethyl adjacent to an activating group) is 1. The Kier molecular flexibility index (Phi) is 6.58. The summed E-state index contributed by atoms with van der Waals surface area (Å²) in [5, 5.41) is 12.8. The minimum absolute atomic E-state index is 0.00478. The molecule has 0 unspecified atom stereocenters. The molecule has 1 atom stereocenters. The molecule has 1 amide bonds. The molecule has 2 aromatic rings. The van der Waals surface area contributed by atoms with E-state index in [4.69, 9.17) is 0 Å². The van der Waals surface area contributed by atoms with Gasteiger partial charge in [0.05, 0.1) is 12.6 Å². The number of nitrogens with zero attached hydrogens (tertiary/aromatic N) is 1. The van der Waals surface area contributed by atoms with E-state index in [2.05, 4.69) is 17.4 Å². The number of rotatable bonds is 8. The molecule has 0 heterocycles. The van der Waals surface area contributed by atoms with E-state index in [0.29, 0.717) is 18.0 Å². The van der Waals surface area contributed by atoms with E-state index in [-0.39, 0.29) is 30.4 Å². The van der Waals surface area contributed by atoms with Gasteiger partial charge in [-0.05, 0) is 43.9 Å². The van der Waals surface area contributed by atoms with Gasteiger partial charge in [-0.2, -0.15) is 0 Å². The van der Waals surface area contributed by atoms with Crippen LogP contribution in [0.2, 0.25) is 0 Å². The second kappa shape index (κ2) is 9.11. The number of amides is 1. The van der Waals surface area contributed by atoms with Gasteiger partial charge in [-0.25, -0.2) is 4.39 Å². The first-order valence-corrected chi connectivity index (χ1v) is 9.44. The largest absolute Gasteiger partial charge is 0.393 e. The van der Waals surface area contributed by atoms with E-state index in [0.717, 1.165) is 19.3 Å². The van der Waals surface area contributed by atoms with Gasteiger partial charge >= 0.3 is 0 Å². The highest BCUT2D eigenvalue weighted by Gasteiger charge is 2.34. The Morgan fingerprint density at radius 1 is 1.19 bits per heavy atom. The summed E-state index contributed by atoms with van der Waals surface area (Å²) < 4.78 is 13.8.